The van der Waals surface area contributed by atoms with Gasteiger partial charge in [-0.1, -0.05) is 0 Å². The number of hydrogen-bond acceptors (Lipinski definition) is 1. The van der Waals surface area contributed by atoms with Crippen LogP contribution in [0.2, 0.25) is 0 Å². The zero-order chi connectivity index (χ0) is 4.50. The molecule has 0 saturated carbocycles. The van der Waals surface area contributed by atoms with Crippen molar-refractivity contribution < 1.29 is 18.5 Å². The number of hydrogen-bond donors (Lipinski definition) is 2. The van der Waals surface area contributed by atoms with E-state index in [1.165, 1.54) is 0 Å². The van der Waals surface area contributed by atoms with E-state index in [1.54, 1.807) is 0 Å². The van der Waals surface area contributed by atoms with Gasteiger partial charge in [0.1, 0.15) is 0 Å². The van der Waals surface area contributed by atoms with Crippen LogP contribution in [0.25, 0.3) is 0 Å². The molecule has 0 saturated heterocycles. The van der Waals surface area contributed by atoms with Crippen LogP contribution in [-0.2, 0) is 4.57 Å². The van der Waals surface area contributed by atoms with E-state index in [4.69, 9.17) is 14.4 Å². The van der Waals surface area contributed by atoms with Gasteiger partial charge in [0, 0.05) is 0 Å². The van der Waals surface area contributed by atoms with Gasteiger partial charge < -0.3 is 0 Å². The van der Waals surface area contributed by atoms with Crippen molar-refractivity contribution in [3.05, 3.63) is 0 Å². The zero-order valence-corrected chi connectivity index (χ0v) is 7.77. The van der Waals surface area contributed by atoms with E-state index in [-0.39, 0.29) is 32.3 Å². The average Bonchev–Trinajstić information content (AvgIpc) is 0.722. The van der Waals surface area contributed by atoms with Gasteiger partial charge in [-0.05, 0) is 0 Å². The molecule has 0 atom stereocenters. The van der Waals surface area contributed by atoms with Gasteiger partial charge in [0.25, 0.3) is 0 Å². The van der Waals surface area contributed by atoms with E-state index >= 15 is 0 Å². The predicted molar refractivity (Wildman–Crippen MR) is 31.6 cm³/mol. The normalized spacial score (nSPS) is 8.43. The molecule has 7 heteroatoms. The first-order chi connectivity index (χ1) is 2.00. The Balaban J connectivity index is -0.0000000800. The van der Waals surface area contributed by atoms with Crippen LogP contribution in [0.3, 0.4) is 0 Å². The summed E-state index contributed by atoms with van der Waals surface area (Å²) < 4.78 is 19.0. The first-order valence-electron chi connectivity index (χ1n) is 0.752. The Morgan fingerprint density at radius 1 is 1.43 bits per heavy atom. The fourth-order valence-corrected chi connectivity index (χ4v) is 0. The molecule has 3 nitrogen and oxygen atoms in total. The SMILES string of the molecule is B.O=P(O)(O)F.[SnH2]. The van der Waals surface area contributed by atoms with Crippen LogP contribution in [0.1, 0.15) is 0 Å². The van der Waals surface area contributed by atoms with Crippen molar-refractivity contribution in [2.45, 2.75) is 0 Å². The second-order valence-electron chi connectivity index (χ2n) is 0.473. The van der Waals surface area contributed by atoms with Crippen LogP contribution in [0, 0.1) is 0 Å². The molecular formula is H7BFO3PSn. The van der Waals surface area contributed by atoms with Gasteiger partial charge >= 0.3 is 31.8 Å². The fraction of sp³-hybridized carbons (Fsp3) is 0. The molecule has 0 aliphatic rings. The van der Waals surface area contributed by atoms with Crippen LogP contribution in [0.4, 0.5) is 4.20 Å². The van der Waals surface area contributed by atoms with Gasteiger partial charge in [-0.25, -0.2) is 4.57 Å². The van der Waals surface area contributed by atoms with Crippen LogP contribution >= 0.6 is 7.91 Å². The van der Waals surface area contributed by atoms with E-state index in [0.29, 0.717) is 0 Å². The Morgan fingerprint density at radius 3 is 1.43 bits per heavy atom. The van der Waals surface area contributed by atoms with Gasteiger partial charge in [0.05, 0.1) is 8.41 Å². The fourth-order valence-electron chi connectivity index (χ4n) is 0. The molecule has 2 N–H and O–H groups in total. The molecule has 0 aliphatic carbocycles. The molecule has 0 aliphatic heterocycles. The second kappa shape index (κ2) is 5.09. The van der Waals surface area contributed by atoms with E-state index in [2.05, 4.69) is 0 Å². The Labute approximate surface area is 59.1 Å². The molecule has 44 valence electrons. The molecule has 0 rings (SSSR count). The summed E-state index contributed by atoms with van der Waals surface area (Å²) in [7, 11) is -5.14. The molecule has 7 heavy (non-hydrogen) atoms. The monoisotopic (exact) mass is 236 g/mol. The Kier molecular flexibility index (Phi) is 11.4. The van der Waals surface area contributed by atoms with E-state index in [1.807, 2.05) is 0 Å². The van der Waals surface area contributed by atoms with Crippen LogP contribution in [0.5, 0.6) is 0 Å². The summed E-state index contributed by atoms with van der Waals surface area (Å²) in [6.45, 7) is 0. The molecule has 0 aromatic carbocycles. The minimum absolute atomic E-state index is 0. The van der Waals surface area contributed by atoms with Crippen molar-refractivity contribution >= 4 is 40.2 Å². The second-order valence-corrected chi connectivity index (χ2v) is 1.42. The van der Waals surface area contributed by atoms with Crippen LogP contribution in [0.15, 0.2) is 0 Å². The van der Waals surface area contributed by atoms with Crippen molar-refractivity contribution in [3.8, 4) is 0 Å². The van der Waals surface area contributed by atoms with E-state index in [9.17, 15) is 4.20 Å². The molecule has 0 amide bonds. The summed E-state index contributed by atoms with van der Waals surface area (Å²) in [6.07, 6.45) is 0. The summed E-state index contributed by atoms with van der Waals surface area (Å²) in [5.41, 5.74) is 0. The van der Waals surface area contributed by atoms with E-state index in [0.717, 1.165) is 0 Å². The predicted octanol–water partition coefficient (Wildman–Crippen LogP) is -2.05. The van der Waals surface area contributed by atoms with Gasteiger partial charge in [-0.3, -0.25) is 9.79 Å². The standard InChI is InChI=1S/BH3.FH2O3P.Sn.2H/c;1-5(2,3)4;;;/h1H3;(H2,2,3,4);;;. The molecule has 0 fully saturated rings. The molecule has 2 radical (unpaired) electrons. The third-order valence-corrected chi connectivity index (χ3v) is 0. The van der Waals surface area contributed by atoms with Crippen LogP contribution in [-0.4, -0.2) is 42.1 Å². The van der Waals surface area contributed by atoms with Crippen molar-refractivity contribution in [1.82, 2.24) is 0 Å². The summed E-state index contributed by atoms with van der Waals surface area (Å²) >= 11 is 0. The molecule has 0 aromatic rings. The van der Waals surface area contributed by atoms with Crippen molar-refractivity contribution in [3.63, 3.8) is 0 Å². The first-order valence-corrected chi connectivity index (χ1v) is 2.25. The van der Waals surface area contributed by atoms with Crippen LogP contribution < -0.4 is 0 Å². The maximum absolute atomic E-state index is 10.4. The molecule has 0 bridgehead atoms. The summed E-state index contributed by atoms with van der Waals surface area (Å²) in [5.74, 6) is 0. The average molecular weight is 235 g/mol. The van der Waals surface area contributed by atoms with Crippen molar-refractivity contribution in [2.75, 3.05) is 0 Å². The molecule has 0 spiro atoms. The minimum atomic E-state index is -5.14. The Morgan fingerprint density at radius 2 is 1.43 bits per heavy atom. The van der Waals surface area contributed by atoms with Crippen molar-refractivity contribution in [2.24, 2.45) is 0 Å². The van der Waals surface area contributed by atoms with E-state index < -0.39 is 7.91 Å². The van der Waals surface area contributed by atoms with Gasteiger partial charge in [-0.2, -0.15) is 0 Å². The maximum atomic E-state index is 10.4. The molecule has 0 unspecified atom stereocenters. The topological polar surface area (TPSA) is 57.5 Å². The Hall–Kier alpha value is 0.944. The Bertz CT molecular complexity index is 61.1. The molecular weight excluding hydrogens is 227 g/mol. The quantitative estimate of drug-likeness (QED) is 0.375. The third-order valence-electron chi connectivity index (χ3n) is 0. The van der Waals surface area contributed by atoms with Gasteiger partial charge in [0.15, 0.2) is 0 Å². The van der Waals surface area contributed by atoms with Crippen molar-refractivity contribution in [1.29, 1.82) is 0 Å². The zero-order valence-electron chi connectivity index (χ0n) is 2.83. The third kappa shape index (κ3) is 191. The number of halogens is 1. The van der Waals surface area contributed by atoms with Gasteiger partial charge in [0.2, 0.25) is 0 Å². The molecule has 0 heterocycles. The first kappa shape index (κ1) is 15.7. The number of rotatable bonds is 0. The summed E-state index contributed by atoms with van der Waals surface area (Å²) in [4.78, 5) is 13.9. The molecule has 0 aromatic heterocycles. The van der Waals surface area contributed by atoms with Gasteiger partial charge in [-0.15, -0.1) is 4.20 Å². The summed E-state index contributed by atoms with van der Waals surface area (Å²) in [6, 6.07) is 0. The summed E-state index contributed by atoms with van der Waals surface area (Å²) in [5, 5.41) is 0.